The summed E-state index contributed by atoms with van der Waals surface area (Å²) in [6, 6.07) is 3.82. The van der Waals surface area contributed by atoms with Crippen LogP contribution in [0.5, 0.6) is 0 Å². The first kappa shape index (κ1) is 18.2. The van der Waals surface area contributed by atoms with E-state index < -0.39 is 16.0 Å². The van der Waals surface area contributed by atoms with Crippen molar-refractivity contribution < 1.29 is 17.9 Å². The van der Waals surface area contributed by atoms with Crippen LogP contribution < -0.4 is 10.0 Å². The van der Waals surface area contributed by atoms with E-state index in [4.69, 9.17) is 11.6 Å². The molecule has 0 saturated carbocycles. The second kappa shape index (κ2) is 7.42. The highest BCUT2D eigenvalue weighted by atomic mass is 35.5. The van der Waals surface area contributed by atoms with Crippen LogP contribution in [0.2, 0.25) is 5.02 Å². The number of benzene rings is 1. The fourth-order valence-electron chi connectivity index (χ4n) is 2.00. The van der Waals surface area contributed by atoms with Crippen molar-refractivity contribution in [2.45, 2.75) is 17.4 Å². The number of hydrogen-bond donors (Lipinski definition) is 2. The molecule has 2 N–H and O–H groups in total. The predicted octanol–water partition coefficient (Wildman–Crippen LogP) is 1.19. The van der Waals surface area contributed by atoms with Crippen LogP contribution in [0, 0.1) is 0 Å². The zero-order chi connectivity index (χ0) is 14.8. The van der Waals surface area contributed by atoms with Crippen molar-refractivity contribution in [2.24, 2.45) is 0 Å². The summed E-state index contributed by atoms with van der Waals surface area (Å²) < 4.78 is 31.6. The lowest BCUT2D eigenvalue weighted by atomic mass is 10.2. The molecule has 0 bridgehead atoms. The Kier molecular flexibility index (Phi) is 6.42. The lowest BCUT2D eigenvalue weighted by molar-refractivity contribution is 0.0600. The van der Waals surface area contributed by atoms with E-state index in [9.17, 15) is 13.2 Å². The first-order valence-electron chi connectivity index (χ1n) is 6.05. The van der Waals surface area contributed by atoms with Gasteiger partial charge in [-0.15, -0.1) is 12.4 Å². The molecule has 1 heterocycles. The number of carbonyl (C=O) groups excluding carboxylic acids is 1. The van der Waals surface area contributed by atoms with Crippen LogP contribution in [0.15, 0.2) is 23.1 Å². The van der Waals surface area contributed by atoms with Gasteiger partial charge in [0.05, 0.1) is 17.7 Å². The molecule has 2 rings (SSSR count). The molecule has 1 aromatic carbocycles. The van der Waals surface area contributed by atoms with Gasteiger partial charge in [0.2, 0.25) is 10.0 Å². The number of esters is 1. The molecule has 1 aliphatic heterocycles. The van der Waals surface area contributed by atoms with Gasteiger partial charge in [0, 0.05) is 12.6 Å². The summed E-state index contributed by atoms with van der Waals surface area (Å²) in [5, 5.41) is 3.06. The normalized spacial score (nSPS) is 18.1. The largest absolute Gasteiger partial charge is 0.465 e. The topological polar surface area (TPSA) is 84.5 Å². The van der Waals surface area contributed by atoms with E-state index in [1.165, 1.54) is 25.3 Å². The van der Waals surface area contributed by atoms with E-state index in [0.29, 0.717) is 6.54 Å². The first-order valence-corrected chi connectivity index (χ1v) is 7.91. The van der Waals surface area contributed by atoms with Crippen LogP contribution in [0.1, 0.15) is 16.8 Å². The second-order valence-corrected chi connectivity index (χ2v) is 6.54. The number of halogens is 2. The number of nitrogens with one attached hydrogen (secondary N) is 2. The third-order valence-electron chi connectivity index (χ3n) is 3.02. The quantitative estimate of drug-likeness (QED) is 0.793. The molecule has 1 aliphatic rings. The summed E-state index contributed by atoms with van der Waals surface area (Å²) in [7, 11) is -2.45. The first-order chi connectivity index (χ1) is 9.44. The number of methoxy groups -OCH3 is 1. The molecule has 118 valence electrons. The van der Waals surface area contributed by atoms with E-state index in [2.05, 4.69) is 14.8 Å². The average molecular weight is 355 g/mol. The van der Waals surface area contributed by atoms with Crippen LogP contribution in [-0.2, 0) is 14.8 Å². The summed E-state index contributed by atoms with van der Waals surface area (Å²) in [4.78, 5) is 11.3. The Balaban J connectivity index is 0.00000220. The van der Waals surface area contributed by atoms with Crippen molar-refractivity contribution in [3.05, 3.63) is 28.8 Å². The standard InChI is InChI=1S/C12H15ClN2O4S.ClH/c1-19-12(16)8-2-3-11(10(13)6-8)20(17,18)15-9-4-5-14-7-9;/h2-3,6,9,14-15H,4-5,7H2,1H3;1H. The van der Waals surface area contributed by atoms with Crippen molar-refractivity contribution in [1.82, 2.24) is 10.0 Å². The van der Waals surface area contributed by atoms with Crippen LogP contribution in [0.25, 0.3) is 0 Å². The maximum atomic E-state index is 12.2. The summed E-state index contributed by atoms with van der Waals surface area (Å²) >= 11 is 5.96. The Morgan fingerprint density at radius 2 is 2.19 bits per heavy atom. The molecule has 0 aromatic heterocycles. The molecule has 6 nitrogen and oxygen atoms in total. The number of rotatable bonds is 4. The van der Waals surface area contributed by atoms with Gasteiger partial charge in [-0.3, -0.25) is 0 Å². The molecule has 9 heteroatoms. The summed E-state index contributed by atoms with van der Waals surface area (Å²) in [5.41, 5.74) is 0.207. The molecule has 0 aliphatic carbocycles. The Hall–Kier alpha value is -0.860. The Labute approximate surface area is 134 Å². The second-order valence-electron chi connectivity index (χ2n) is 4.45. The zero-order valence-electron chi connectivity index (χ0n) is 11.3. The van der Waals surface area contributed by atoms with Gasteiger partial charge in [0.1, 0.15) is 4.90 Å². The highest BCUT2D eigenvalue weighted by Crippen LogP contribution is 2.23. The highest BCUT2D eigenvalue weighted by molar-refractivity contribution is 7.89. The summed E-state index contributed by atoms with van der Waals surface area (Å²) in [6.45, 7) is 1.37. The van der Waals surface area contributed by atoms with Gasteiger partial charge in [-0.1, -0.05) is 11.6 Å². The van der Waals surface area contributed by atoms with E-state index in [1.54, 1.807) is 0 Å². The minimum Gasteiger partial charge on any atom is -0.465 e. The lowest BCUT2D eigenvalue weighted by Gasteiger charge is -2.13. The maximum absolute atomic E-state index is 12.2. The van der Waals surface area contributed by atoms with Crippen LogP contribution in [0.4, 0.5) is 0 Å². The maximum Gasteiger partial charge on any atom is 0.337 e. The molecule has 0 amide bonds. The third kappa shape index (κ3) is 4.31. The summed E-state index contributed by atoms with van der Waals surface area (Å²) in [6.07, 6.45) is 0.733. The minimum absolute atomic E-state index is 0. The monoisotopic (exact) mass is 354 g/mol. The molecule has 1 saturated heterocycles. The molecule has 0 radical (unpaired) electrons. The fraction of sp³-hybridized carbons (Fsp3) is 0.417. The van der Waals surface area contributed by atoms with Gasteiger partial charge in [0.25, 0.3) is 0 Å². The van der Waals surface area contributed by atoms with Gasteiger partial charge in [0.15, 0.2) is 0 Å². The number of hydrogen-bond acceptors (Lipinski definition) is 5. The third-order valence-corrected chi connectivity index (χ3v) is 5.03. The molecular formula is C12H16Cl2N2O4S. The van der Waals surface area contributed by atoms with Crippen molar-refractivity contribution >= 4 is 40.0 Å². The molecule has 0 spiro atoms. The van der Waals surface area contributed by atoms with Crippen molar-refractivity contribution in [3.63, 3.8) is 0 Å². The predicted molar refractivity (Wildman–Crippen MR) is 81.6 cm³/mol. The van der Waals surface area contributed by atoms with Gasteiger partial charge < -0.3 is 10.1 Å². The van der Waals surface area contributed by atoms with Crippen LogP contribution >= 0.6 is 24.0 Å². The van der Waals surface area contributed by atoms with Crippen LogP contribution in [0.3, 0.4) is 0 Å². The smallest absolute Gasteiger partial charge is 0.337 e. The molecule has 21 heavy (non-hydrogen) atoms. The molecule has 1 atom stereocenters. The van der Waals surface area contributed by atoms with E-state index in [0.717, 1.165) is 13.0 Å². The van der Waals surface area contributed by atoms with E-state index in [-0.39, 0.29) is 33.9 Å². The van der Waals surface area contributed by atoms with E-state index in [1.807, 2.05) is 0 Å². The van der Waals surface area contributed by atoms with Gasteiger partial charge in [-0.05, 0) is 31.2 Å². The molecule has 1 fully saturated rings. The molecule has 1 aromatic rings. The van der Waals surface area contributed by atoms with Crippen LogP contribution in [-0.4, -0.2) is 40.6 Å². The van der Waals surface area contributed by atoms with Crippen molar-refractivity contribution in [2.75, 3.05) is 20.2 Å². The van der Waals surface area contributed by atoms with Gasteiger partial charge in [-0.2, -0.15) is 0 Å². The Morgan fingerprint density at radius 1 is 1.48 bits per heavy atom. The number of ether oxygens (including phenoxy) is 1. The SMILES string of the molecule is COC(=O)c1ccc(S(=O)(=O)NC2CCNC2)c(Cl)c1.Cl. The highest BCUT2D eigenvalue weighted by Gasteiger charge is 2.25. The lowest BCUT2D eigenvalue weighted by Crippen LogP contribution is -2.36. The Morgan fingerprint density at radius 3 is 2.71 bits per heavy atom. The fourth-order valence-corrected chi connectivity index (χ4v) is 3.82. The minimum atomic E-state index is -3.70. The van der Waals surface area contributed by atoms with Crippen molar-refractivity contribution in [1.29, 1.82) is 0 Å². The summed E-state index contributed by atoms with van der Waals surface area (Å²) in [5.74, 6) is -0.566. The van der Waals surface area contributed by atoms with Gasteiger partial charge >= 0.3 is 5.97 Å². The molecular weight excluding hydrogens is 339 g/mol. The van der Waals surface area contributed by atoms with Crippen molar-refractivity contribution in [3.8, 4) is 0 Å². The number of carbonyl (C=O) groups is 1. The zero-order valence-corrected chi connectivity index (χ0v) is 13.6. The average Bonchev–Trinajstić information content (AvgIpc) is 2.89. The number of sulfonamides is 1. The molecule has 1 unspecified atom stereocenters. The van der Waals surface area contributed by atoms with Gasteiger partial charge in [-0.25, -0.2) is 17.9 Å². The van der Waals surface area contributed by atoms with E-state index >= 15 is 0 Å². The Bertz CT molecular complexity index is 616.